The number of fused-ring (bicyclic) bond motifs is 1. The van der Waals surface area contributed by atoms with Crippen molar-refractivity contribution >= 4 is 17.5 Å². The maximum absolute atomic E-state index is 13.2. The maximum Gasteiger partial charge on any atom is 0.317 e. The largest absolute Gasteiger partial charge is 0.458 e. The summed E-state index contributed by atoms with van der Waals surface area (Å²) in [6.45, 7) is 2.23. The molecular weight excluding hydrogens is 344 g/mol. The van der Waals surface area contributed by atoms with Crippen molar-refractivity contribution in [2.24, 2.45) is 38.8 Å². The van der Waals surface area contributed by atoms with Gasteiger partial charge in [0.2, 0.25) is 6.17 Å². The van der Waals surface area contributed by atoms with Crippen LogP contribution < -0.4 is 0 Å². The van der Waals surface area contributed by atoms with Crippen LogP contribution in [0.5, 0.6) is 0 Å². The summed E-state index contributed by atoms with van der Waals surface area (Å²) in [6.07, 6.45) is 7.52. The smallest absolute Gasteiger partial charge is 0.317 e. The van der Waals surface area contributed by atoms with Crippen molar-refractivity contribution in [3.63, 3.8) is 0 Å². The van der Waals surface area contributed by atoms with Crippen LogP contribution in [0, 0.1) is 28.6 Å². The minimum Gasteiger partial charge on any atom is -0.458 e. The highest BCUT2D eigenvalue weighted by Crippen LogP contribution is 2.73. The monoisotopic (exact) mass is 368 g/mol. The quantitative estimate of drug-likeness (QED) is 0.701. The molecule has 0 N–H and O–H groups in total. The number of hydrogen-bond acceptors (Lipinski definition) is 6. The Morgan fingerprint density at radius 2 is 1.89 bits per heavy atom. The number of ketones is 2. The fraction of sp³-hybridized carbons (Fsp3) is 0.762. The highest BCUT2D eigenvalue weighted by atomic mass is 16.6. The van der Waals surface area contributed by atoms with Gasteiger partial charge in [-0.25, -0.2) is 0 Å². The number of rotatable bonds is 2. The molecular formula is C21H24N2O4. The first-order valence-corrected chi connectivity index (χ1v) is 10.3. The predicted molar refractivity (Wildman–Crippen MR) is 93.5 cm³/mol. The molecule has 1 spiro atoms. The Labute approximate surface area is 157 Å². The maximum atomic E-state index is 13.2. The van der Waals surface area contributed by atoms with Crippen LogP contribution in [0.25, 0.3) is 0 Å². The zero-order valence-electron chi connectivity index (χ0n) is 15.6. The van der Waals surface area contributed by atoms with Gasteiger partial charge in [0.25, 0.3) is 0 Å². The molecule has 2 bridgehead atoms. The number of nitrogens with zero attached hydrogens (tertiary/aromatic N) is 2. The van der Waals surface area contributed by atoms with Gasteiger partial charge in [0.15, 0.2) is 11.6 Å². The topological polar surface area (TPSA) is 85.2 Å². The van der Waals surface area contributed by atoms with E-state index in [0.717, 1.165) is 44.1 Å². The highest BCUT2D eigenvalue weighted by molar-refractivity contribution is 5.96. The van der Waals surface area contributed by atoms with E-state index in [4.69, 9.17) is 4.74 Å². The molecule has 4 aliphatic carbocycles. The Hall–Kier alpha value is -1.85. The number of carbonyl (C=O) groups is 3. The van der Waals surface area contributed by atoms with E-state index in [9.17, 15) is 14.4 Å². The molecule has 0 aromatic rings. The lowest BCUT2D eigenvalue weighted by atomic mass is 9.46. The molecule has 0 aromatic carbocycles. The molecule has 6 nitrogen and oxygen atoms in total. The van der Waals surface area contributed by atoms with Crippen LogP contribution >= 0.6 is 0 Å². The summed E-state index contributed by atoms with van der Waals surface area (Å²) in [5, 5.41) is 7.73. The molecule has 0 aromatic heterocycles. The molecule has 1 saturated heterocycles. The van der Waals surface area contributed by atoms with Crippen LogP contribution in [0.2, 0.25) is 0 Å². The third kappa shape index (κ3) is 1.71. The molecule has 6 rings (SSSR count). The molecule has 0 amide bonds. The van der Waals surface area contributed by atoms with E-state index in [-0.39, 0.29) is 40.7 Å². The van der Waals surface area contributed by atoms with Crippen LogP contribution in [0.15, 0.2) is 21.9 Å². The molecule has 6 atom stereocenters. The molecule has 142 valence electrons. The summed E-state index contributed by atoms with van der Waals surface area (Å²) in [5.74, 6) is 0.556. The Bertz CT molecular complexity index is 856. The standard InChI is InChI=1S/C21H24N2O4/c1-19-7-6-15-20-8-5-12(24)10-11(20)4-9-21(15,27-18(20)26)14(19)3-2-13(19)16(25)17-22-23-17/h10,13-15,17H,2-9H2,1H3/t13-,14?,15?,19?,20?,21?/m0/s1. The van der Waals surface area contributed by atoms with Crippen molar-refractivity contribution in [1.29, 1.82) is 0 Å². The minimum absolute atomic E-state index is 0.0297. The summed E-state index contributed by atoms with van der Waals surface area (Å²) >= 11 is 0. The van der Waals surface area contributed by atoms with E-state index in [1.165, 1.54) is 0 Å². The second-order valence-electron chi connectivity index (χ2n) is 9.74. The van der Waals surface area contributed by atoms with Crippen LogP contribution in [-0.2, 0) is 19.1 Å². The van der Waals surface area contributed by atoms with Crippen LogP contribution in [0.1, 0.15) is 58.3 Å². The van der Waals surface area contributed by atoms with E-state index in [0.29, 0.717) is 12.8 Å². The molecule has 0 radical (unpaired) electrons. The Kier molecular flexibility index (Phi) is 2.84. The van der Waals surface area contributed by atoms with Gasteiger partial charge in [0, 0.05) is 24.2 Å². The lowest BCUT2D eigenvalue weighted by molar-refractivity contribution is -0.170. The van der Waals surface area contributed by atoms with Crippen LogP contribution in [0.4, 0.5) is 0 Å². The Morgan fingerprint density at radius 3 is 2.67 bits per heavy atom. The van der Waals surface area contributed by atoms with E-state index >= 15 is 0 Å². The molecule has 5 unspecified atom stereocenters. The van der Waals surface area contributed by atoms with Gasteiger partial charge in [-0.15, -0.1) is 0 Å². The van der Waals surface area contributed by atoms with Gasteiger partial charge >= 0.3 is 5.97 Å². The summed E-state index contributed by atoms with van der Waals surface area (Å²) in [5.41, 5.74) is -0.142. The van der Waals surface area contributed by atoms with Crippen molar-refractivity contribution in [1.82, 2.24) is 0 Å². The Balaban J connectivity index is 1.43. The van der Waals surface area contributed by atoms with Crippen LogP contribution in [-0.4, -0.2) is 29.3 Å². The second-order valence-corrected chi connectivity index (χ2v) is 9.74. The van der Waals surface area contributed by atoms with Crippen molar-refractivity contribution in [3.8, 4) is 0 Å². The number of ether oxygens (including phenoxy) is 1. The summed E-state index contributed by atoms with van der Waals surface area (Å²) in [4.78, 5) is 38.0. The van der Waals surface area contributed by atoms with Gasteiger partial charge in [-0.05, 0) is 62.0 Å². The molecule has 2 aliphatic heterocycles. The number of esters is 1. The fourth-order valence-corrected chi connectivity index (χ4v) is 7.87. The predicted octanol–water partition coefficient (Wildman–Crippen LogP) is 3.16. The third-order valence-corrected chi connectivity index (χ3v) is 9.02. The minimum atomic E-state index is -0.573. The second kappa shape index (κ2) is 4.76. The fourth-order valence-electron chi connectivity index (χ4n) is 7.87. The van der Waals surface area contributed by atoms with Crippen LogP contribution in [0.3, 0.4) is 0 Å². The van der Waals surface area contributed by atoms with E-state index in [2.05, 4.69) is 17.2 Å². The summed E-state index contributed by atoms with van der Waals surface area (Å²) < 4.78 is 6.31. The van der Waals surface area contributed by atoms with Gasteiger partial charge in [-0.3, -0.25) is 14.4 Å². The van der Waals surface area contributed by atoms with Gasteiger partial charge in [0.05, 0.1) is 5.41 Å². The van der Waals surface area contributed by atoms with Gasteiger partial charge < -0.3 is 4.74 Å². The zero-order chi connectivity index (χ0) is 18.6. The molecule has 6 heteroatoms. The molecule has 27 heavy (non-hydrogen) atoms. The first-order valence-electron chi connectivity index (χ1n) is 10.3. The average molecular weight is 368 g/mol. The third-order valence-electron chi connectivity index (χ3n) is 9.02. The number of hydrogen-bond donors (Lipinski definition) is 0. The first kappa shape index (κ1) is 16.1. The molecule has 3 saturated carbocycles. The van der Waals surface area contributed by atoms with Gasteiger partial charge in [-0.1, -0.05) is 6.92 Å². The van der Waals surface area contributed by atoms with Gasteiger partial charge in [0.1, 0.15) is 5.60 Å². The highest BCUT2D eigenvalue weighted by Gasteiger charge is 2.76. The van der Waals surface area contributed by atoms with Crippen molar-refractivity contribution in [2.45, 2.75) is 70.1 Å². The van der Waals surface area contributed by atoms with E-state index in [1.54, 1.807) is 6.08 Å². The lowest BCUT2D eigenvalue weighted by Crippen LogP contribution is -2.59. The average Bonchev–Trinajstić information content (AvgIpc) is 3.39. The first-order chi connectivity index (χ1) is 12.9. The SMILES string of the molecule is CC12CCC3C45CCC(=O)C=C4CCC3(OC5=O)C1CC[C@H]2C(=O)C1N=N1. The molecule has 2 heterocycles. The molecule has 4 fully saturated rings. The summed E-state index contributed by atoms with van der Waals surface area (Å²) in [6, 6.07) is 0. The zero-order valence-corrected chi connectivity index (χ0v) is 15.6. The number of carbonyl (C=O) groups excluding carboxylic acids is 3. The van der Waals surface area contributed by atoms with E-state index < -0.39 is 17.2 Å². The summed E-state index contributed by atoms with van der Waals surface area (Å²) in [7, 11) is 0. The van der Waals surface area contributed by atoms with E-state index in [1.807, 2.05) is 0 Å². The van der Waals surface area contributed by atoms with Gasteiger partial charge in [-0.2, -0.15) is 10.2 Å². The van der Waals surface area contributed by atoms with Crippen molar-refractivity contribution < 1.29 is 19.1 Å². The van der Waals surface area contributed by atoms with Crippen molar-refractivity contribution in [3.05, 3.63) is 11.6 Å². The van der Waals surface area contributed by atoms with Crippen molar-refractivity contribution in [2.75, 3.05) is 0 Å². The lowest BCUT2D eigenvalue weighted by Gasteiger charge is -2.56. The number of Topliss-reactive ketones (excluding diaryl/α,β-unsaturated/α-hetero) is 1. The Morgan fingerprint density at radius 1 is 1.07 bits per heavy atom. The normalized spacial score (nSPS) is 49.8. The molecule has 6 aliphatic rings.